The molecule has 2 N–H and O–H groups in total. The fraction of sp³-hybridized carbons (Fsp3) is 0.143. The van der Waals surface area contributed by atoms with Crippen LogP contribution >= 0.6 is 0 Å². The third-order valence-corrected chi connectivity index (χ3v) is 7.15. The number of esters is 1. The lowest BCUT2D eigenvalue weighted by molar-refractivity contribution is -0.143. The van der Waals surface area contributed by atoms with Crippen LogP contribution in [0.3, 0.4) is 0 Å². The molecule has 2 atom stereocenters. The van der Waals surface area contributed by atoms with Gasteiger partial charge in [0.05, 0.1) is 18.7 Å². The van der Waals surface area contributed by atoms with Crippen molar-refractivity contribution in [3.05, 3.63) is 114 Å². The minimum absolute atomic E-state index is 0.0328. The van der Waals surface area contributed by atoms with E-state index in [0.717, 1.165) is 11.1 Å². The fourth-order valence-electron chi connectivity index (χ4n) is 3.84. The molecule has 0 aliphatic rings. The summed E-state index contributed by atoms with van der Waals surface area (Å²) in [5.41, 5.74) is 2.16. The first-order chi connectivity index (χ1) is 17.5. The Hall–Kier alpha value is -3.85. The summed E-state index contributed by atoms with van der Waals surface area (Å²) in [6.45, 7) is 0.341. The Kier molecular flexibility index (Phi) is 8.22. The molecule has 0 radical (unpaired) electrons. The third-order valence-electron chi connectivity index (χ3n) is 5.66. The quantitative estimate of drug-likeness (QED) is 0.320. The third kappa shape index (κ3) is 6.23. The second kappa shape index (κ2) is 11.7. The molecule has 0 saturated carbocycles. The van der Waals surface area contributed by atoms with E-state index >= 15 is 0 Å². The Morgan fingerprint density at radius 1 is 0.944 bits per heavy atom. The van der Waals surface area contributed by atoms with E-state index in [0.29, 0.717) is 17.4 Å². The summed E-state index contributed by atoms with van der Waals surface area (Å²) in [6.07, 6.45) is 4.98. The predicted molar refractivity (Wildman–Crippen MR) is 140 cm³/mol. The van der Waals surface area contributed by atoms with Gasteiger partial charge >= 0.3 is 5.97 Å². The summed E-state index contributed by atoms with van der Waals surface area (Å²) < 4.78 is 34.9. The first-order valence-corrected chi connectivity index (χ1v) is 12.9. The van der Waals surface area contributed by atoms with Gasteiger partial charge in [0.15, 0.2) is 0 Å². The molecular formula is C28H27N3O4S. The van der Waals surface area contributed by atoms with Gasteiger partial charge in [0.25, 0.3) is 0 Å². The number of nitrogens with zero attached hydrogens (tertiary/aromatic N) is 1. The number of methoxy groups -OCH3 is 1. The van der Waals surface area contributed by atoms with Gasteiger partial charge in [0.2, 0.25) is 10.0 Å². The lowest BCUT2D eigenvalue weighted by atomic mass is 10.1. The molecule has 0 spiro atoms. The van der Waals surface area contributed by atoms with E-state index in [1.165, 1.54) is 13.2 Å². The van der Waals surface area contributed by atoms with Crippen molar-refractivity contribution in [2.45, 2.75) is 23.5 Å². The molecule has 8 heteroatoms. The number of ether oxygens (including phenoxy) is 1. The van der Waals surface area contributed by atoms with Gasteiger partial charge in [0, 0.05) is 18.1 Å². The van der Waals surface area contributed by atoms with E-state index in [4.69, 9.17) is 4.74 Å². The highest BCUT2D eigenvalue weighted by Gasteiger charge is 2.32. The Morgan fingerprint density at radius 3 is 2.36 bits per heavy atom. The maximum absolute atomic E-state index is 13.6. The van der Waals surface area contributed by atoms with E-state index in [-0.39, 0.29) is 4.90 Å². The topological polar surface area (TPSA) is 97.4 Å². The molecule has 0 fully saturated rings. The van der Waals surface area contributed by atoms with E-state index in [1.807, 2.05) is 60.7 Å². The molecule has 36 heavy (non-hydrogen) atoms. The van der Waals surface area contributed by atoms with Crippen molar-refractivity contribution in [3.8, 4) is 0 Å². The Morgan fingerprint density at radius 2 is 1.64 bits per heavy atom. The van der Waals surface area contributed by atoms with Crippen LogP contribution in [0.5, 0.6) is 0 Å². The molecular weight excluding hydrogens is 474 g/mol. The molecule has 3 aromatic carbocycles. The van der Waals surface area contributed by atoms with Gasteiger partial charge in [-0.15, -0.1) is 0 Å². The van der Waals surface area contributed by atoms with Crippen molar-refractivity contribution in [1.82, 2.24) is 15.0 Å². The highest BCUT2D eigenvalue weighted by Crippen LogP contribution is 2.21. The van der Waals surface area contributed by atoms with Gasteiger partial charge in [-0.2, -0.15) is 0 Å². The second-order valence-electron chi connectivity index (χ2n) is 8.12. The monoisotopic (exact) mass is 501 g/mol. The predicted octanol–water partition coefficient (Wildman–Crippen LogP) is 3.93. The van der Waals surface area contributed by atoms with Gasteiger partial charge in [-0.1, -0.05) is 91.0 Å². The van der Waals surface area contributed by atoms with Crippen LogP contribution in [0.25, 0.3) is 17.0 Å². The molecule has 184 valence electrons. The summed E-state index contributed by atoms with van der Waals surface area (Å²) in [5, 5.41) is 3.86. The molecule has 0 amide bonds. The number of benzene rings is 3. The number of hydrogen-bond acceptors (Lipinski definition) is 6. The minimum atomic E-state index is -4.07. The highest BCUT2D eigenvalue weighted by molar-refractivity contribution is 7.89. The zero-order valence-electron chi connectivity index (χ0n) is 19.7. The average Bonchev–Trinajstić information content (AvgIpc) is 2.92. The maximum atomic E-state index is 13.6. The number of carbonyl (C=O) groups is 1. The Balaban J connectivity index is 1.70. The molecule has 0 aliphatic carbocycles. The molecule has 1 aromatic heterocycles. The number of sulfonamides is 1. The highest BCUT2D eigenvalue weighted by atomic mass is 32.2. The second-order valence-corrected chi connectivity index (χ2v) is 9.80. The van der Waals surface area contributed by atoms with Crippen molar-refractivity contribution in [3.63, 3.8) is 0 Å². The maximum Gasteiger partial charge on any atom is 0.324 e. The average molecular weight is 502 g/mol. The Labute approximate surface area is 210 Å². The van der Waals surface area contributed by atoms with Crippen LogP contribution in [-0.2, 0) is 26.1 Å². The summed E-state index contributed by atoms with van der Waals surface area (Å²) in [6, 6.07) is 25.5. The van der Waals surface area contributed by atoms with Crippen LogP contribution in [0.15, 0.2) is 108 Å². The zero-order valence-corrected chi connectivity index (χ0v) is 20.6. The van der Waals surface area contributed by atoms with Gasteiger partial charge in [0.1, 0.15) is 10.9 Å². The number of nitrogens with one attached hydrogen (secondary N) is 2. The summed E-state index contributed by atoms with van der Waals surface area (Å²) in [4.78, 5) is 17.2. The van der Waals surface area contributed by atoms with E-state index in [9.17, 15) is 13.2 Å². The van der Waals surface area contributed by atoms with Crippen LogP contribution in [0, 0.1) is 0 Å². The normalized spacial score (nSPS) is 13.5. The molecule has 0 unspecified atom stereocenters. The van der Waals surface area contributed by atoms with Gasteiger partial charge in [-0.05, 0) is 23.3 Å². The van der Waals surface area contributed by atoms with Crippen LogP contribution in [0.1, 0.15) is 11.1 Å². The van der Waals surface area contributed by atoms with Gasteiger partial charge in [-0.25, -0.2) is 13.1 Å². The van der Waals surface area contributed by atoms with Crippen LogP contribution in [-0.4, -0.2) is 38.6 Å². The molecule has 4 rings (SSSR count). The number of carbonyl (C=O) groups excluding carboxylic acids is 1. The fourth-order valence-corrected chi connectivity index (χ4v) is 5.22. The minimum Gasteiger partial charge on any atom is -0.468 e. The van der Waals surface area contributed by atoms with Crippen molar-refractivity contribution < 1.29 is 17.9 Å². The van der Waals surface area contributed by atoms with Crippen molar-refractivity contribution in [2.75, 3.05) is 7.11 Å². The van der Waals surface area contributed by atoms with E-state index in [1.54, 1.807) is 42.6 Å². The lowest BCUT2D eigenvalue weighted by Gasteiger charge is -2.25. The van der Waals surface area contributed by atoms with Crippen LogP contribution < -0.4 is 10.0 Å². The van der Waals surface area contributed by atoms with Crippen molar-refractivity contribution in [1.29, 1.82) is 0 Å². The zero-order chi connectivity index (χ0) is 25.4. The van der Waals surface area contributed by atoms with Crippen LogP contribution in [0.2, 0.25) is 0 Å². The number of para-hydroxylation sites is 1. The Bertz CT molecular complexity index is 1440. The van der Waals surface area contributed by atoms with Crippen molar-refractivity contribution in [2.24, 2.45) is 0 Å². The SMILES string of the molecule is COC(=O)[C@@H](NCc1ccccc1)[C@H](/C=C/c1ccccc1)NS(=O)(=O)c1cccc2cccnc12. The smallest absolute Gasteiger partial charge is 0.324 e. The number of aromatic nitrogens is 1. The van der Waals surface area contributed by atoms with E-state index in [2.05, 4.69) is 15.0 Å². The number of pyridine rings is 1. The molecule has 7 nitrogen and oxygen atoms in total. The van der Waals surface area contributed by atoms with Gasteiger partial charge < -0.3 is 4.74 Å². The molecule has 0 saturated heterocycles. The summed E-state index contributed by atoms with van der Waals surface area (Å²) >= 11 is 0. The molecule has 4 aromatic rings. The molecule has 0 bridgehead atoms. The largest absolute Gasteiger partial charge is 0.468 e. The first kappa shape index (κ1) is 25.2. The lowest BCUT2D eigenvalue weighted by Crippen LogP contribution is -2.53. The number of hydrogen-bond donors (Lipinski definition) is 2. The van der Waals surface area contributed by atoms with Gasteiger partial charge in [-0.3, -0.25) is 15.1 Å². The van der Waals surface area contributed by atoms with Crippen molar-refractivity contribution >= 4 is 33.0 Å². The summed E-state index contributed by atoms with van der Waals surface area (Å²) in [7, 11) is -2.79. The summed E-state index contributed by atoms with van der Waals surface area (Å²) in [5.74, 6) is -0.590. The van der Waals surface area contributed by atoms with E-state index < -0.39 is 28.1 Å². The number of fused-ring (bicyclic) bond motifs is 1. The van der Waals surface area contributed by atoms with Crippen LogP contribution in [0.4, 0.5) is 0 Å². The standard InChI is InChI=1S/C28H27N3O4S/c1-35-28(32)27(30-20-22-12-6-3-7-13-22)24(18-17-21-10-4-2-5-11-21)31-36(33,34)25-16-8-14-23-15-9-19-29-26(23)25/h2-19,24,27,30-31H,20H2,1H3/b18-17+/t24-,27-/m0/s1. The number of rotatable bonds is 10. The molecule has 1 heterocycles. The first-order valence-electron chi connectivity index (χ1n) is 11.4. The molecule has 0 aliphatic heterocycles.